The van der Waals surface area contributed by atoms with Crippen molar-refractivity contribution in [2.75, 3.05) is 14.2 Å². The molecule has 94 valence electrons. The van der Waals surface area contributed by atoms with E-state index in [1.807, 2.05) is 24.3 Å². The summed E-state index contributed by atoms with van der Waals surface area (Å²) in [6.07, 6.45) is 0. The van der Waals surface area contributed by atoms with Crippen molar-refractivity contribution in [3.05, 3.63) is 47.5 Å². The van der Waals surface area contributed by atoms with Gasteiger partial charge in [-0.25, -0.2) is 0 Å². The van der Waals surface area contributed by atoms with Gasteiger partial charge in [-0.2, -0.15) is 0 Å². The Morgan fingerprint density at radius 1 is 0.667 bits per heavy atom. The zero-order valence-corrected chi connectivity index (χ0v) is 11.3. The minimum Gasteiger partial charge on any atom is -0.496 e. The second-order valence-corrected chi connectivity index (χ2v) is 4.27. The van der Waals surface area contributed by atoms with Crippen LogP contribution in [0.25, 0.3) is 11.1 Å². The van der Waals surface area contributed by atoms with Crippen LogP contribution in [0.3, 0.4) is 0 Å². The Bertz CT molecular complexity index is 508. The Kier molecular flexibility index (Phi) is 3.56. The first-order valence-corrected chi connectivity index (χ1v) is 5.96. The lowest BCUT2D eigenvalue weighted by Gasteiger charge is -2.14. The smallest absolute Gasteiger partial charge is 0.122 e. The van der Waals surface area contributed by atoms with E-state index in [4.69, 9.17) is 9.47 Å². The van der Waals surface area contributed by atoms with Gasteiger partial charge in [0.1, 0.15) is 11.5 Å². The Hall–Kier alpha value is -1.96. The van der Waals surface area contributed by atoms with Crippen molar-refractivity contribution in [3.8, 4) is 22.6 Å². The molecule has 0 bridgehead atoms. The monoisotopic (exact) mass is 242 g/mol. The molecule has 0 amide bonds. The molecule has 2 aromatic carbocycles. The van der Waals surface area contributed by atoms with Crippen LogP contribution in [0, 0.1) is 13.8 Å². The summed E-state index contributed by atoms with van der Waals surface area (Å²) in [7, 11) is 3.40. The van der Waals surface area contributed by atoms with Gasteiger partial charge in [0.2, 0.25) is 0 Å². The SMILES string of the molecule is COc1cccc(-c2cccc(OC)c2C)c1C. The molecule has 0 atom stereocenters. The summed E-state index contributed by atoms with van der Waals surface area (Å²) in [5.41, 5.74) is 4.67. The van der Waals surface area contributed by atoms with E-state index in [-0.39, 0.29) is 0 Å². The van der Waals surface area contributed by atoms with Crippen LogP contribution in [0.1, 0.15) is 11.1 Å². The van der Waals surface area contributed by atoms with Gasteiger partial charge >= 0.3 is 0 Å². The molecule has 0 N–H and O–H groups in total. The third-order valence-corrected chi connectivity index (χ3v) is 3.30. The van der Waals surface area contributed by atoms with Crippen LogP contribution in [0.15, 0.2) is 36.4 Å². The van der Waals surface area contributed by atoms with Gasteiger partial charge in [-0.3, -0.25) is 0 Å². The molecule has 0 spiro atoms. The molecule has 18 heavy (non-hydrogen) atoms. The summed E-state index contributed by atoms with van der Waals surface area (Å²) >= 11 is 0. The van der Waals surface area contributed by atoms with Gasteiger partial charge in [0.05, 0.1) is 14.2 Å². The number of ether oxygens (including phenoxy) is 2. The van der Waals surface area contributed by atoms with Crippen LogP contribution in [0.4, 0.5) is 0 Å². The van der Waals surface area contributed by atoms with E-state index in [1.54, 1.807) is 14.2 Å². The fourth-order valence-electron chi connectivity index (χ4n) is 2.25. The number of rotatable bonds is 3. The average Bonchev–Trinajstić information content (AvgIpc) is 2.40. The van der Waals surface area contributed by atoms with E-state index in [1.165, 1.54) is 11.1 Å². The molecule has 2 heteroatoms. The van der Waals surface area contributed by atoms with E-state index >= 15 is 0 Å². The predicted octanol–water partition coefficient (Wildman–Crippen LogP) is 3.99. The molecule has 0 aromatic heterocycles. The lowest BCUT2D eigenvalue weighted by molar-refractivity contribution is 0.411. The van der Waals surface area contributed by atoms with E-state index < -0.39 is 0 Å². The molecule has 0 fully saturated rings. The lowest BCUT2D eigenvalue weighted by atomic mass is 9.95. The maximum Gasteiger partial charge on any atom is 0.122 e. The van der Waals surface area contributed by atoms with Gasteiger partial charge in [-0.15, -0.1) is 0 Å². The Morgan fingerprint density at radius 3 is 1.39 bits per heavy atom. The topological polar surface area (TPSA) is 18.5 Å². The first-order chi connectivity index (χ1) is 8.69. The van der Waals surface area contributed by atoms with Gasteiger partial charge in [-0.1, -0.05) is 24.3 Å². The largest absolute Gasteiger partial charge is 0.496 e. The van der Waals surface area contributed by atoms with Crippen LogP contribution in [0.5, 0.6) is 11.5 Å². The molecule has 2 aromatic rings. The van der Waals surface area contributed by atoms with Crippen molar-refractivity contribution in [2.45, 2.75) is 13.8 Å². The van der Waals surface area contributed by atoms with E-state index in [9.17, 15) is 0 Å². The van der Waals surface area contributed by atoms with E-state index in [0.717, 1.165) is 22.6 Å². The molecule has 0 heterocycles. The second-order valence-electron chi connectivity index (χ2n) is 4.27. The van der Waals surface area contributed by atoms with Crippen molar-refractivity contribution in [3.63, 3.8) is 0 Å². The zero-order valence-electron chi connectivity index (χ0n) is 11.3. The van der Waals surface area contributed by atoms with Crippen molar-refractivity contribution in [1.29, 1.82) is 0 Å². The predicted molar refractivity (Wildman–Crippen MR) is 74.5 cm³/mol. The second kappa shape index (κ2) is 5.13. The van der Waals surface area contributed by atoms with Crippen LogP contribution < -0.4 is 9.47 Å². The minimum absolute atomic E-state index is 0.912. The number of hydrogen-bond acceptors (Lipinski definition) is 2. The summed E-state index contributed by atoms with van der Waals surface area (Å²) in [5, 5.41) is 0. The molecule has 0 aliphatic heterocycles. The van der Waals surface area contributed by atoms with Crippen LogP contribution in [0.2, 0.25) is 0 Å². The third kappa shape index (κ3) is 2.06. The number of hydrogen-bond donors (Lipinski definition) is 0. The van der Waals surface area contributed by atoms with Crippen molar-refractivity contribution >= 4 is 0 Å². The Labute approximate surface area is 108 Å². The molecule has 2 rings (SSSR count). The molecule has 2 nitrogen and oxygen atoms in total. The number of methoxy groups -OCH3 is 2. The lowest BCUT2D eigenvalue weighted by Crippen LogP contribution is -1.94. The molecule has 0 radical (unpaired) electrons. The quantitative estimate of drug-likeness (QED) is 0.810. The first-order valence-electron chi connectivity index (χ1n) is 5.96. The summed E-state index contributed by atoms with van der Waals surface area (Å²) < 4.78 is 10.7. The highest BCUT2D eigenvalue weighted by Crippen LogP contribution is 2.34. The maximum atomic E-state index is 5.37. The molecule has 0 saturated heterocycles. The molecule has 0 saturated carbocycles. The minimum atomic E-state index is 0.912. The van der Waals surface area contributed by atoms with Gasteiger partial charge < -0.3 is 9.47 Å². The van der Waals surface area contributed by atoms with E-state index in [2.05, 4.69) is 26.0 Å². The van der Waals surface area contributed by atoms with Crippen LogP contribution >= 0.6 is 0 Å². The fraction of sp³-hybridized carbons (Fsp3) is 0.250. The third-order valence-electron chi connectivity index (χ3n) is 3.30. The maximum absolute atomic E-state index is 5.37. The van der Waals surface area contributed by atoms with Crippen LogP contribution in [-0.2, 0) is 0 Å². The normalized spacial score (nSPS) is 10.2. The molecule has 0 aliphatic carbocycles. The number of benzene rings is 2. The zero-order chi connectivity index (χ0) is 13.1. The molecule has 0 aliphatic rings. The summed E-state index contributed by atoms with van der Waals surface area (Å²) in [4.78, 5) is 0. The highest BCUT2D eigenvalue weighted by Gasteiger charge is 2.10. The van der Waals surface area contributed by atoms with Gasteiger partial charge in [0.15, 0.2) is 0 Å². The fourth-order valence-corrected chi connectivity index (χ4v) is 2.25. The van der Waals surface area contributed by atoms with Crippen molar-refractivity contribution < 1.29 is 9.47 Å². The summed E-state index contributed by atoms with van der Waals surface area (Å²) in [6, 6.07) is 12.2. The first kappa shape index (κ1) is 12.5. The summed E-state index contributed by atoms with van der Waals surface area (Å²) in [6.45, 7) is 4.15. The highest BCUT2D eigenvalue weighted by atomic mass is 16.5. The Morgan fingerprint density at radius 2 is 1.06 bits per heavy atom. The van der Waals surface area contributed by atoms with E-state index in [0.29, 0.717) is 0 Å². The summed E-state index contributed by atoms with van der Waals surface area (Å²) in [5.74, 6) is 1.82. The van der Waals surface area contributed by atoms with Gasteiger partial charge in [0.25, 0.3) is 0 Å². The highest BCUT2D eigenvalue weighted by molar-refractivity contribution is 5.74. The van der Waals surface area contributed by atoms with Gasteiger partial charge in [-0.05, 0) is 48.2 Å². The molecular weight excluding hydrogens is 224 g/mol. The average molecular weight is 242 g/mol. The van der Waals surface area contributed by atoms with Crippen molar-refractivity contribution in [2.24, 2.45) is 0 Å². The Balaban J connectivity index is 2.62. The molecule has 0 unspecified atom stereocenters. The standard InChI is InChI=1S/C16H18O2/c1-11-13(7-5-9-15(11)17-3)14-8-6-10-16(18-4)12(14)2/h5-10H,1-4H3. The molecular formula is C16H18O2. The van der Waals surface area contributed by atoms with Crippen molar-refractivity contribution in [1.82, 2.24) is 0 Å². The van der Waals surface area contributed by atoms with Gasteiger partial charge in [0, 0.05) is 0 Å². The van der Waals surface area contributed by atoms with Crippen LogP contribution in [-0.4, -0.2) is 14.2 Å².